The van der Waals surface area contributed by atoms with E-state index in [1.807, 2.05) is 10.3 Å². The highest BCUT2D eigenvalue weighted by Crippen LogP contribution is 2.16. The normalized spacial score (nSPS) is 14.9. The molecular weight excluding hydrogens is 352 g/mol. The number of hydrogen-bond donors (Lipinski definition) is 1. The zero-order valence-electron chi connectivity index (χ0n) is 14.7. The van der Waals surface area contributed by atoms with Gasteiger partial charge in [-0.3, -0.25) is 14.5 Å². The molecule has 3 rings (SSSR count). The van der Waals surface area contributed by atoms with Gasteiger partial charge in [-0.1, -0.05) is 0 Å². The molecule has 1 fully saturated rings. The van der Waals surface area contributed by atoms with Crippen LogP contribution in [0.4, 0.5) is 0 Å². The number of nitrogens with one attached hydrogen (secondary N) is 1. The van der Waals surface area contributed by atoms with Gasteiger partial charge in [-0.05, 0) is 24.3 Å². The summed E-state index contributed by atoms with van der Waals surface area (Å²) in [6, 6.07) is 7.19. The lowest BCUT2D eigenvalue weighted by Crippen LogP contribution is -2.50. The number of benzene rings is 1. The molecule has 138 valence electrons. The fourth-order valence-electron chi connectivity index (χ4n) is 2.73. The Morgan fingerprint density at radius 2 is 1.92 bits per heavy atom. The van der Waals surface area contributed by atoms with E-state index in [1.54, 1.807) is 36.8 Å². The van der Waals surface area contributed by atoms with Gasteiger partial charge >= 0.3 is 0 Å². The van der Waals surface area contributed by atoms with E-state index in [0.29, 0.717) is 50.6 Å². The molecular formula is C18H22N4O3S. The van der Waals surface area contributed by atoms with Crippen molar-refractivity contribution < 1.29 is 14.3 Å². The molecule has 2 aromatic rings. The quantitative estimate of drug-likeness (QED) is 0.823. The number of amides is 2. The van der Waals surface area contributed by atoms with Crippen molar-refractivity contribution >= 4 is 23.2 Å². The van der Waals surface area contributed by atoms with Gasteiger partial charge < -0.3 is 15.0 Å². The minimum atomic E-state index is -0.00184. The summed E-state index contributed by atoms with van der Waals surface area (Å²) in [5.41, 5.74) is 3.31. The molecule has 0 aliphatic carbocycles. The topological polar surface area (TPSA) is 74.8 Å². The highest BCUT2D eigenvalue weighted by atomic mass is 32.1. The second-order valence-electron chi connectivity index (χ2n) is 6.03. The fourth-order valence-corrected chi connectivity index (χ4v) is 3.28. The summed E-state index contributed by atoms with van der Waals surface area (Å²) in [5, 5.41) is 4.57. The number of nitrogens with zero attached hydrogens (tertiary/aromatic N) is 3. The number of hydrogen-bond acceptors (Lipinski definition) is 6. The van der Waals surface area contributed by atoms with Crippen LogP contribution in [0.3, 0.4) is 0 Å². The van der Waals surface area contributed by atoms with Crippen LogP contribution in [-0.4, -0.2) is 66.4 Å². The highest BCUT2D eigenvalue weighted by Gasteiger charge is 2.23. The summed E-state index contributed by atoms with van der Waals surface area (Å²) >= 11 is 1.53. The third kappa shape index (κ3) is 4.80. The van der Waals surface area contributed by atoms with Gasteiger partial charge in [0.2, 0.25) is 5.91 Å². The Kier molecular flexibility index (Phi) is 6.19. The molecule has 8 heteroatoms. The van der Waals surface area contributed by atoms with E-state index >= 15 is 0 Å². The van der Waals surface area contributed by atoms with Crippen molar-refractivity contribution in [1.29, 1.82) is 0 Å². The van der Waals surface area contributed by atoms with E-state index in [1.165, 1.54) is 11.3 Å². The van der Waals surface area contributed by atoms with Gasteiger partial charge in [0.1, 0.15) is 12.4 Å². The van der Waals surface area contributed by atoms with Crippen LogP contribution >= 0.6 is 11.3 Å². The second kappa shape index (κ2) is 8.77. The Labute approximate surface area is 156 Å². The Morgan fingerprint density at radius 1 is 1.19 bits per heavy atom. The molecule has 0 spiro atoms. The molecule has 2 amide bonds. The molecule has 0 atom stereocenters. The summed E-state index contributed by atoms with van der Waals surface area (Å²) in [4.78, 5) is 32.1. The lowest BCUT2D eigenvalue weighted by Gasteiger charge is -2.34. The van der Waals surface area contributed by atoms with Crippen LogP contribution in [0.2, 0.25) is 0 Å². The molecule has 7 nitrogen and oxygen atoms in total. The predicted octanol–water partition coefficient (Wildman–Crippen LogP) is 1.23. The van der Waals surface area contributed by atoms with Crippen LogP contribution in [0.5, 0.6) is 5.75 Å². The molecule has 1 saturated heterocycles. The fraction of sp³-hybridized carbons (Fsp3) is 0.389. The van der Waals surface area contributed by atoms with Crippen molar-refractivity contribution in [2.75, 3.05) is 39.8 Å². The SMILES string of the molecule is CNC(=O)CN1CCN(C(=O)c2ccc(OCc3cscn3)cc2)CC1. The van der Waals surface area contributed by atoms with Crippen molar-refractivity contribution in [3.8, 4) is 5.75 Å². The monoisotopic (exact) mass is 374 g/mol. The zero-order valence-corrected chi connectivity index (χ0v) is 15.5. The minimum Gasteiger partial charge on any atom is -0.487 e. The predicted molar refractivity (Wildman–Crippen MR) is 99.3 cm³/mol. The summed E-state index contributed by atoms with van der Waals surface area (Å²) in [7, 11) is 1.63. The molecule has 0 radical (unpaired) electrons. The van der Waals surface area contributed by atoms with E-state index in [9.17, 15) is 9.59 Å². The van der Waals surface area contributed by atoms with Crippen molar-refractivity contribution in [2.24, 2.45) is 0 Å². The number of ether oxygens (including phenoxy) is 1. The van der Waals surface area contributed by atoms with E-state index in [-0.39, 0.29) is 11.8 Å². The van der Waals surface area contributed by atoms with E-state index in [4.69, 9.17) is 4.74 Å². The first-order chi connectivity index (χ1) is 12.7. The molecule has 0 bridgehead atoms. The van der Waals surface area contributed by atoms with E-state index < -0.39 is 0 Å². The first-order valence-electron chi connectivity index (χ1n) is 8.48. The maximum atomic E-state index is 12.6. The molecule has 1 aliphatic rings. The van der Waals surface area contributed by atoms with Crippen LogP contribution in [0.15, 0.2) is 35.2 Å². The van der Waals surface area contributed by atoms with Crippen LogP contribution in [-0.2, 0) is 11.4 Å². The smallest absolute Gasteiger partial charge is 0.253 e. The van der Waals surface area contributed by atoms with Gasteiger partial charge in [0.05, 0.1) is 17.7 Å². The Bertz CT molecular complexity index is 725. The molecule has 1 aliphatic heterocycles. The van der Waals surface area contributed by atoms with Gasteiger partial charge in [-0.15, -0.1) is 11.3 Å². The van der Waals surface area contributed by atoms with E-state index in [2.05, 4.69) is 15.2 Å². The van der Waals surface area contributed by atoms with Crippen molar-refractivity contribution in [1.82, 2.24) is 20.1 Å². The number of rotatable bonds is 6. The van der Waals surface area contributed by atoms with Gasteiger partial charge in [-0.25, -0.2) is 4.98 Å². The average molecular weight is 374 g/mol. The number of likely N-dealkylation sites (N-methyl/N-ethyl adjacent to an activating group) is 1. The van der Waals surface area contributed by atoms with Crippen LogP contribution < -0.4 is 10.1 Å². The summed E-state index contributed by atoms with van der Waals surface area (Å²) in [6.07, 6.45) is 0. The average Bonchev–Trinajstić information content (AvgIpc) is 3.20. The summed E-state index contributed by atoms with van der Waals surface area (Å²) in [6.45, 7) is 3.45. The van der Waals surface area contributed by atoms with Crippen molar-refractivity contribution in [2.45, 2.75) is 6.61 Å². The molecule has 2 heterocycles. The first-order valence-corrected chi connectivity index (χ1v) is 9.42. The van der Waals surface area contributed by atoms with Crippen LogP contribution in [0, 0.1) is 0 Å². The van der Waals surface area contributed by atoms with Crippen LogP contribution in [0.25, 0.3) is 0 Å². The largest absolute Gasteiger partial charge is 0.487 e. The zero-order chi connectivity index (χ0) is 18.4. The highest BCUT2D eigenvalue weighted by molar-refractivity contribution is 7.07. The Hall–Kier alpha value is -2.45. The van der Waals surface area contributed by atoms with Crippen molar-refractivity contribution in [3.63, 3.8) is 0 Å². The number of aromatic nitrogens is 1. The molecule has 26 heavy (non-hydrogen) atoms. The molecule has 0 unspecified atom stereocenters. The molecule has 1 aromatic heterocycles. The van der Waals surface area contributed by atoms with Gasteiger partial charge in [-0.2, -0.15) is 0 Å². The van der Waals surface area contributed by atoms with E-state index in [0.717, 1.165) is 5.69 Å². The Balaban J connectivity index is 1.49. The molecule has 1 aromatic carbocycles. The standard InChI is InChI=1S/C18H22N4O3S/c1-19-17(23)10-21-6-8-22(9-7-21)18(24)14-2-4-16(5-3-14)25-11-15-12-26-13-20-15/h2-5,12-13H,6-11H2,1H3,(H,19,23). The lowest BCUT2D eigenvalue weighted by molar-refractivity contribution is -0.122. The number of thiazole rings is 1. The van der Waals surface area contributed by atoms with Gasteiger partial charge in [0.15, 0.2) is 0 Å². The van der Waals surface area contributed by atoms with Gasteiger partial charge in [0.25, 0.3) is 5.91 Å². The van der Waals surface area contributed by atoms with Gasteiger partial charge in [0, 0.05) is 44.2 Å². The van der Waals surface area contributed by atoms with Crippen LogP contribution in [0.1, 0.15) is 16.1 Å². The third-order valence-electron chi connectivity index (χ3n) is 4.28. The second-order valence-corrected chi connectivity index (χ2v) is 6.75. The number of carbonyl (C=O) groups is 2. The number of piperazine rings is 1. The summed E-state index contributed by atoms with van der Waals surface area (Å²) in [5.74, 6) is 0.721. The third-order valence-corrected chi connectivity index (χ3v) is 4.91. The first kappa shape index (κ1) is 18.3. The molecule has 1 N–H and O–H groups in total. The lowest BCUT2D eigenvalue weighted by atomic mass is 10.1. The van der Waals surface area contributed by atoms with Crippen molar-refractivity contribution in [3.05, 3.63) is 46.4 Å². The maximum absolute atomic E-state index is 12.6. The maximum Gasteiger partial charge on any atom is 0.253 e. The Morgan fingerprint density at radius 3 is 2.54 bits per heavy atom. The molecule has 0 saturated carbocycles. The number of carbonyl (C=O) groups excluding carboxylic acids is 2. The summed E-state index contributed by atoms with van der Waals surface area (Å²) < 4.78 is 5.67. The minimum absolute atomic E-state index is 0.00184.